The van der Waals surface area contributed by atoms with Crippen molar-refractivity contribution in [2.45, 2.75) is 45.1 Å². The van der Waals surface area contributed by atoms with Gasteiger partial charge in [-0.25, -0.2) is 4.79 Å². The molecule has 0 saturated heterocycles. The summed E-state index contributed by atoms with van der Waals surface area (Å²) < 4.78 is 0. The van der Waals surface area contributed by atoms with Crippen LogP contribution in [0.5, 0.6) is 0 Å². The molecule has 1 aliphatic carbocycles. The number of aliphatic carboxylic acids is 1. The van der Waals surface area contributed by atoms with E-state index in [9.17, 15) is 14.7 Å². The highest BCUT2D eigenvalue weighted by Crippen LogP contribution is 2.26. The van der Waals surface area contributed by atoms with Crippen LogP contribution < -0.4 is 10.6 Å². The summed E-state index contributed by atoms with van der Waals surface area (Å²) in [6.07, 6.45) is 5.11. The largest absolute Gasteiger partial charge is 0.480 e. The van der Waals surface area contributed by atoms with Crippen LogP contribution in [0.2, 0.25) is 0 Å². The summed E-state index contributed by atoms with van der Waals surface area (Å²) in [5.74, 6) is -1.21. The number of carboxylic acids is 1. The molecule has 0 bridgehead atoms. The van der Waals surface area contributed by atoms with E-state index >= 15 is 0 Å². The lowest BCUT2D eigenvalue weighted by molar-refractivity contribution is -0.144. The predicted molar refractivity (Wildman–Crippen MR) is 69.2 cm³/mol. The minimum Gasteiger partial charge on any atom is -0.480 e. The van der Waals surface area contributed by atoms with Crippen molar-refractivity contribution in [1.29, 1.82) is 0 Å². The lowest BCUT2D eigenvalue weighted by Crippen LogP contribution is -2.49. The number of rotatable bonds is 6. The van der Waals surface area contributed by atoms with Crippen molar-refractivity contribution in [3.8, 4) is 0 Å². The first-order valence-corrected chi connectivity index (χ1v) is 6.74. The third kappa shape index (κ3) is 4.29. The summed E-state index contributed by atoms with van der Waals surface area (Å²) in [7, 11) is 1.78. The highest BCUT2D eigenvalue weighted by Gasteiger charge is 2.31. The van der Waals surface area contributed by atoms with E-state index in [1.54, 1.807) is 14.0 Å². The van der Waals surface area contributed by atoms with E-state index in [0.29, 0.717) is 6.54 Å². The van der Waals surface area contributed by atoms with Gasteiger partial charge in [0.2, 0.25) is 5.91 Å². The minimum atomic E-state index is -0.910. The molecule has 0 heterocycles. The van der Waals surface area contributed by atoms with E-state index < -0.39 is 12.0 Å². The smallest absolute Gasteiger partial charge is 0.326 e. The van der Waals surface area contributed by atoms with Crippen LogP contribution in [0.1, 0.15) is 39.0 Å². The fourth-order valence-electron chi connectivity index (χ4n) is 2.54. The first-order valence-electron chi connectivity index (χ1n) is 6.74. The number of carboxylic acid groups (broad SMARTS) is 1. The van der Waals surface area contributed by atoms with Crippen LogP contribution in [0.15, 0.2) is 0 Å². The number of amides is 1. The molecule has 18 heavy (non-hydrogen) atoms. The van der Waals surface area contributed by atoms with E-state index in [4.69, 9.17) is 0 Å². The Kier molecular flexibility index (Phi) is 6.12. The lowest BCUT2D eigenvalue weighted by atomic mass is 9.83. The van der Waals surface area contributed by atoms with Crippen molar-refractivity contribution < 1.29 is 14.7 Å². The number of hydrogen-bond acceptors (Lipinski definition) is 3. The minimum absolute atomic E-state index is 0.0852. The van der Waals surface area contributed by atoms with E-state index in [0.717, 1.165) is 25.7 Å². The first kappa shape index (κ1) is 15.0. The standard InChI is InChI=1S/C13H24N2O3/c1-9(8-14-2)12(16)15-11(13(17)18)10-6-4-3-5-7-10/h9-11,14H,3-8H2,1-2H3,(H,15,16)(H,17,18). The summed E-state index contributed by atoms with van der Waals surface area (Å²) in [6.45, 7) is 2.36. The fraction of sp³-hybridized carbons (Fsp3) is 0.846. The van der Waals surface area contributed by atoms with Gasteiger partial charge in [-0.3, -0.25) is 4.79 Å². The number of carbonyl (C=O) groups excluding carboxylic acids is 1. The van der Waals surface area contributed by atoms with Gasteiger partial charge in [0.25, 0.3) is 0 Å². The Morgan fingerprint density at radius 1 is 1.28 bits per heavy atom. The van der Waals surface area contributed by atoms with Crippen LogP contribution in [0.25, 0.3) is 0 Å². The lowest BCUT2D eigenvalue weighted by Gasteiger charge is -2.28. The van der Waals surface area contributed by atoms with Gasteiger partial charge in [-0.2, -0.15) is 0 Å². The molecular formula is C13H24N2O3. The van der Waals surface area contributed by atoms with Crippen LogP contribution in [0.4, 0.5) is 0 Å². The topological polar surface area (TPSA) is 78.4 Å². The maximum atomic E-state index is 11.9. The molecule has 5 heteroatoms. The molecule has 2 atom stereocenters. The maximum Gasteiger partial charge on any atom is 0.326 e. The molecule has 0 aliphatic heterocycles. The molecule has 3 N–H and O–H groups in total. The molecule has 0 radical (unpaired) electrons. The van der Waals surface area contributed by atoms with E-state index in [1.807, 2.05) is 0 Å². The molecule has 1 fully saturated rings. The second-order valence-corrected chi connectivity index (χ2v) is 5.18. The summed E-state index contributed by atoms with van der Waals surface area (Å²) in [5.41, 5.74) is 0. The maximum absolute atomic E-state index is 11.9. The molecule has 0 aromatic heterocycles. The van der Waals surface area contributed by atoms with Gasteiger partial charge in [-0.15, -0.1) is 0 Å². The zero-order valence-corrected chi connectivity index (χ0v) is 11.2. The van der Waals surface area contributed by atoms with Gasteiger partial charge >= 0.3 is 5.97 Å². The van der Waals surface area contributed by atoms with Gasteiger partial charge in [0.05, 0.1) is 0 Å². The van der Waals surface area contributed by atoms with Crippen molar-refractivity contribution in [3.63, 3.8) is 0 Å². The zero-order chi connectivity index (χ0) is 13.5. The van der Waals surface area contributed by atoms with Gasteiger partial charge in [0, 0.05) is 12.5 Å². The molecular weight excluding hydrogens is 232 g/mol. The molecule has 1 rings (SSSR count). The van der Waals surface area contributed by atoms with Crippen LogP contribution in [0.3, 0.4) is 0 Å². The number of nitrogens with one attached hydrogen (secondary N) is 2. The van der Waals surface area contributed by atoms with Crippen molar-refractivity contribution in [2.75, 3.05) is 13.6 Å². The van der Waals surface area contributed by atoms with Crippen LogP contribution in [-0.4, -0.2) is 36.6 Å². The van der Waals surface area contributed by atoms with Crippen molar-refractivity contribution in [2.24, 2.45) is 11.8 Å². The van der Waals surface area contributed by atoms with E-state index in [2.05, 4.69) is 10.6 Å². The normalized spacial score (nSPS) is 20.1. The van der Waals surface area contributed by atoms with Gasteiger partial charge < -0.3 is 15.7 Å². The van der Waals surface area contributed by atoms with Crippen molar-refractivity contribution in [1.82, 2.24) is 10.6 Å². The fourth-order valence-corrected chi connectivity index (χ4v) is 2.54. The summed E-state index contributed by atoms with van der Waals surface area (Å²) >= 11 is 0. The van der Waals surface area contributed by atoms with Gasteiger partial charge in [-0.1, -0.05) is 26.2 Å². The number of hydrogen-bond donors (Lipinski definition) is 3. The first-order chi connectivity index (χ1) is 8.56. The molecule has 5 nitrogen and oxygen atoms in total. The Morgan fingerprint density at radius 2 is 1.89 bits per heavy atom. The second-order valence-electron chi connectivity index (χ2n) is 5.18. The van der Waals surface area contributed by atoms with E-state index in [-0.39, 0.29) is 17.7 Å². The second kappa shape index (κ2) is 7.36. The highest BCUT2D eigenvalue weighted by molar-refractivity contribution is 5.85. The third-order valence-electron chi connectivity index (χ3n) is 3.64. The van der Waals surface area contributed by atoms with Crippen LogP contribution in [0, 0.1) is 11.8 Å². The average Bonchev–Trinajstić information content (AvgIpc) is 2.36. The molecule has 1 amide bonds. The number of carbonyl (C=O) groups is 2. The Morgan fingerprint density at radius 3 is 2.39 bits per heavy atom. The molecule has 1 aliphatic rings. The highest BCUT2D eigenvalue weighted by atomic mass is 16.4. The third-order valence-corrected chi connectivity index (χ3v) is 3.64. The van der Waals surface area contributed by atoms with Gasteiger partial charge in [-0.05, 0) is 25.8 Å². The zero-order valence-electron chi connectivity index (χ0n) is 11.2. The van der Waals surface area contributed by atoms with Crippen LogP contribution in [-0.2, 0) is 9.59 Å². The average molecular weight is 256 g/mol. The predicted octanol–water partition coefficient (Wildman–Crippen LogP) is 0.992. The summed E-state index contributed by atoms with van der Waals surface area (Å²) in [5, 5.41) is 14.9. The summed E-state index contributed by atoms with van der Waals surface area (Å²) in [4.78, 5) is 23.2. The van der Waals surface area contributed by atoms with Crippen molar-refractivity contribution >= 4 is 11.9 Å². The molecule has 0 spiro atoms. The van der Waals surface area contributed by atoms with Gasteiger partial charge in [0.15, 0.2) is 0 Å². The Bertz CT molecular complexity index is 288. The molecule has 0 aromatic carbocycles. The molecule has 1 saturated carbocycles. The quantitative estimate of drug-likeness (QED) is 0.662. The Hall–Kier alpha value is -1.10. The Labute approximate surface area is 108 Å². The van der Waals surface area contributed by atoms with Crippen molar-refractivity contribution in [3.05, 3.63) is 0 Å². The molecule has 104 valence electrons. The summed E-state index contributed by atoms with van der Waals surface area (Å²) in [6, 6.07) is -0.725. The van der Waals surface area contributed by atoms with Crippen LogP contribution >= 0.6 is 0 Å². The molecule has 0 aromatic rings. The Balaban J connectivity index is 2.56. The van der Waals surface area contributed by atoms with Gasteiger partial charge in [0.1, 0.15) is 6.04 Å². The van der Waals surface area contributed by atoms with E-state index in [1.165, 1.54) is 6.42 Å². The monoisotopic (exact) mass is 256 g/mol. The SMILES string of the molecule is CNCC(C)C(=O)NC(C(=O)O)C1CCCCC1. The molecule has 2 unspecified atom stereocenters.